The van der Waals surface area contributed by atoms with Gasteiger partial charge in [-0.2, -0.15) is 0 Å². The summed E-state index contributed by atoms with van der Waals surface area (Å²) in [4.78, 5) is 3.54. The van der Waals surface area contributed by atoms with E-state index < -0.39 is 10.5 Å². The second-order valence-electron chi connectivity index (χ2n) is 2.70. The Hall–Kier alpha value is 0.562. The summed E-state index contributed by atoms with van der Waals surface area (Å²) >= 11 is 16.6. The van der Waals surface area contributed by atoms with Crippen LogP contribution in [0.15, 0.2) is 18.3 Å². The van der Waals surface area contributed by atoms with Gasteiger partial charge >= 0.3 is 25.6 Å². The van der Waals surface area contributed by atoms with Crippen molar-refractivity contribution in [1.82, 2.24) is 4.98 Å². The molecular weight excluding hydrogens is 258 g/mol. The maximum Gasteiger partial charge on any atom is 1.00 e. The molecule has 1 aromatic heterocycles. The van der Waals surface area contributed by atoms with Crippen LogP contribution >= 0.6 is 34.8 Å². The molecule has 0 aromatic carbocycles. The van der Waals surface area contributed by atoms with Crippen molar-refractivity contribution >= 4 is 47.2 Å². The van der Waals surface area contributed by atoms with Gasteiger partial charge in [-0.15, -0.1) is 0 Å². The molecule has 0 fully saturated rings. The van der Waals surface area contributed by atoms with Crippen LogP contribution in [-0.4, -0.2) is 26.8 Å². The van der Waals surface area contributed by atoms with Crippen molar-refractivity contribution in [2.75, 3.05) is 0 Å². The van der Waals surface area contributed by atoms with E-state index >= 15 is 0 Å². The summed E-state index contributed by atoms with van der Waals surface area (Å²) in [5.41, 5.74) is -0.0192. The smallest absolute Gasteiger partial charge is 0.555 e. The topological polar surface area (TPSA) is 73.6 Å². The molecule has 1 aromatic rings. The van der Waals surface area contributed by atoms with E-state index in [0.717, 1.165) is 12.3 Å². The molecule has 4 nitrogen and oxygen atoms in total. The Morgan fingerprint density at radius 2 is 1.67 bits per heavy atom. The zero-order chi connectivity index (χ0) is 11.0. The summed E-state index contributed by atoms with van der Waals surface area (Å²) in [7, 11) is 0. The minimum absolute atomic E-state index is 0. The predicted octanol–water partition coefficient (Wildman–Crippen LogP) is -2.96. The van der Waals surface area contributed by atoms with Crippen LogP contribution in [0, 0.1) is 0 Å². The average Bonchev–Trinajstić information content (AvgIpc) is 2.01. The van der Waals surface area contributed by atoms with Gasteiger partial charge < -0.3 is 15.1 Å². The first kappa shape index (κ1) is 15.6. The second kappa shape index (κ2) is 5.26. The molecule has 3 N–H and O–H groups in total. The molecule has 0 spiro atoms. The first-order chi connectivity index (χ1) is 6.21. The monoisotopic (exact) mass is 263 g/mol. The van der Waals surface area contributed by atoms with Crippen molar-refractivity contribution in [2.24, 2.45) is 0 Å². The molecule has 0 bridgehead atoms. The molecular formula is C6H6BCl3LiNO3. The summed E-state index contributed by atoms with van der Waals surface area (Å²) in [5.74, 6) is 0. The minimum atomic E-state index is -3.60. The molecule has 0 unspecified atom stereocenters. The van der Waals surface area contributed by atoms with Gasteiger partial charge in [0.1, 0.15) is 0 Å². The van der Waals surface area contributed by atoms with Crippen molar-refractivity contribution in [3.05, 3.63) is 23.9 Å². The Morgan fingerprint density at radius 3 is 1.93 bits per heavy atom. The number of hydrogen-bond acceptors (Lipinski definition) is 4. The quantitative estimate of drug-likeness (QED) is 0.374. The van der Waals surface area contributed by atoms with Crippen LogP contribution in [-0.2, 0) is 3.79 Å². The molecule has 0 amide bonds. The third kappa shape index (κ3) is 4.51. The van der Waals surface area contributed by atoms with Crippen molar-refractivity contribution in [2.45, 2.75) is 3.79 Å². The van der Waals surface area contributed by atoms with Gasteiger partial charge in [0.15, 0.2) is 0 Å². The van der Waals surface area contributed by atoms with Gasteiger partial charge in [0, 0.05) is 11.8 Å². The summed E-state index contributed by atoms with van der Waals surface area (Å²) in [6.45, 7) is -3.60. The van der Waals surface area contributed by atoms with Crippen LogP contribution in [0.4, 0.5) is 0 Å². The Balaban J connectivity index is 0.00000196. The van der Waals surface area contributed by atoms with Gasteiger partial charge in [-0.05, 0) is 5.59 Å². The Bertz CT molecular complexity index is 291. The number of hydrogen-bond donors (Lipinski definition) is 3. The largest absolute Gasteiger partial charge is 1.00 e. The molecule has 0 saturated heterocycles. The minimum Gasteiger partial charge on any atom is -0.555 e. The molecule has 15 heavy (non-hydrogen) atoms. The van der Waals surface area contributed by atoms with E-state index in [-0.39, 0.29) is 30.0 Å². The summed E-state index contributed by atoms with van der Waals surface area (Å²) in [5, 5.41) is 26.4. The number of alkyl halides is 3. The van der Waals surface area contributed by atoms with E-state index in [1.807, 2.05) is 0 Å². The van der Waals surface area contributed by atoms with Crippen molar-refractivity contribution < 1.29 is 33.9 Å². The molecule has 0 aliphatic rings. The number of rotatable bonds is 1. The normalized spacial score (nSPS) is 12.1. The zero-order valence-electron chi connectivity index (χ0n) is 7.73. The second-order valence-corrected chi connectivity index (χ2v) is 4.98. The van der Waals surface area contributed by atoms with E-state index in [4.69, 9.17) is 49.9 Å². The Morgan fingerprint density at radius 1 is 1.13 bits per heavy atom. The maximum atomic E-state index is 8.79. The zero-order valence-corrected chi connectivity index (χ0v) is 10.00. The van der Waals surface area contributed by atoms with Crippen molar-refractivity contribution in [3.8, 4) is 0 Å². The maximum absolute atomic E-state index is 8.79. The van der Waals surface area contributed by atoms with Gasteiger partial charge in [0.25, 0.3) is 0 Å². The fourth-order valence-electron chi connectivity index (χ4n) is 0.802. The first-order valence-electron chi connectivity index (χ1n) is 3.56. The summed E-state index contributed by atoms with van der Waals surface area (Å²) < 4.78 is -1.62. The van der Waals surface area contributed by atoms with E-state index in [1.54, 1.807) is 0 Å². The van der Waals surface area contributed by atoms with Gasteiger partial charge in [-0.25, -0.2) is 0 Å². The first-order valence-corrected chi connectivity index (χ1v) is 4.70. The van der Waals surface area contributed by atoms with E-state index in [0.29, 0.717) is 0 Å². The van der Waals surface area contributed by atoms with Crippen LogP contribution < -0.4 is 24.5 Å². The van der Waals surface area contributed by atoms with Crippen LogP contribution in [0.1, 0.15) is 5.56 Å². The Kier molecular flexibility index (Phi) is 5.46. The average molecular weight is 264 g/mol. The third-order valence-corrected chi connectivity index (χ3v) is 2.17. The van der Waals surface area contributed by atoms with Crippen LogP contribution in [0.3, 0.4) is 0 Å². The molecule has 0 aliphatic carbocycles. The van der Waals surface area contributed by atoms with E-state index in [1.165, 1.54) is 6.07 Å². The number of halogens is 3. The fourth-order valence-corrected chi connectivity index (χ4v) is 1.14. The molecule has 1 rings (SSSR count). The summed E-state index contributed by atoms with van der Waals surface area (Å²) in [6.07, 6.45) is 1.14. The molecule has 0 saturated carbocycles. The van der Waals surface area contributed by atoms with Gasteiger partial charge in [0.05, 0.1) is 0 Å². The van der Waals surface area contributed by atoms with Crippen LogP contribution in [0.2, 0.25) is 0 Å². The van der Waals surface area contributed by atoms with Gasteiger partial charge in [-0.3, -0.25) is 4.98 Å². The fraction of sp³-hybridized carbons (Fsp3) is 0.167. The Labute approximate surface area is 113 Å². The summed E-state index contributed by atoms with van der Waals surface area (Å²) in [6, 6.07) is 2.49. The van der Waals surface area contributed by atoms with Gasteiger partial charge in [0.2, 0.25) is 3.79 Å². The van der Waals surface area contributed by atoms with Crippen LogP contribution in [0.5, 0.6) is 0 Å². The predicted molar refractivity (Wildman–Crippen MR) is 55.5 cm³/mol. The van der Waals surface area contributed by atoms with Crippen molar-refractivity contribution in [1.29, 1.82) is 0 Å². The molecule has 78 valence electrons. The molecule has 0 radical (unpaired) electrons. The van der Waals surface area contributed by atoms with Gasteiger partial charge in [-0.1, -0.05) is 46.9 Å². The molecule has 9 heteroatoms. The number of nitrogens with zero attached hydrogens (tertiary/aromatic N) is 1. The SMILES string of the molecule is O[B-](O)(O)c1ccc(C(Cl)(Cl)Cl)cn1.[Li+]. The van der Waals surface area contributed by atoms with E-state index in [9.17, 15) is 0 Å². The molecule has 0 atom stereocenters. The number of aromatic nitrogens is 1. The third-order valence-electron chi connectivity index (χ3n) is 1.51. The standard InChI is InChI=1S/C6H6BCl3NO3.Li/c8-6(9,10)4-1-2-5(11-3-4)7(12,13)14;/h1-3,12-14H;/q-1;+1. The van der Waals surface area contributed by atoms with E-state index in [2.05, 4.69) is 4.98 Å². The van der Waals surface area contributed by atoms with Crippen molar-refractivity contribution in [3.63, 3.8) is 0 Å². The number of pyridine rings is 1. The molecule has 0 aliphatic heterocycles. The van der Waals surface area contributed by atoms with Crippen LogP contribution in [0.25, 0.3) is 0 Å². The molecule has 1 heterocycles.